The van der Waals surface area contributed by atoms with Gasteiger partial charge in [-0.15, -0.1) is 0 Å². The first kappa shape index (κ1) is 14.8. The average molecular weight is 299 g/mol. The van der Waals surface area contributed by atoms with Gasteiger partial charge in [0.15, 0.2) is 11.6 Å². The highest BCUT2D eigenvalue weighted by molar-refractivity contribution is 5.88. The molecule has 0 fully saturated rings. The third kappa shape index (κ3) is 3.31. The van der Waals surface area contributed by atoms with E-state index in [-0.39, 0.29) is 17.7 Å². The number of carbonyl (C=O) groups is 1. The first-order chi connectivity index (χ1) is 9.88. The highest BCUT2D eigenvalue weighted by atomic mass is 19.2. The molecule has 1 N–H and O–H groups in total. The van der Waals surface area contributed by atoms with E-state index in [1.807, 2.05) is 0 Å². The van der Waals surface area contributed by atoms with E-state index in [1.54, 1.807) is 0 Å². The zero-order chi connectivity index (χ0) is 15.6. The molecule has 0 heterocycles. The highest BCUT2D eigenvalue weighted by Crippen LogP contribution is 2.31. The fourth-order valence-electron chi connectivity index (χ4n) is 1.57. The van der Waals surface area contributed by atoms with E-state index in [9.17, 15) is 22.4 Å². The lowest BCUT2D eigenvalue weighted by atomic mass is 10.2. The van der Waals surface area contributed by atoms with Gasteiger partial charge in [0.1, 0.15) is 5.75 Å². The van der Waals surface area contributed by atoms with Gasteiger partial charge in [-0.2, -0.15) is 8.78 Å². The summed E-state index contributed by atoms with van der Waals surface area (Å²) in [7, 11) is 0. The highest BCUT2D eigenvalue weighted by Gasteiger charge is 2.21. The number of rotatable bonds is 3. The largest absolute Gasteiger partial charge is 0.451 e. The standard InChI is InChI=1S/C14H9F4NO2/c1-7(20)19-8-2-4-9(5-3-8)21-14-12(17)10(15)6-11(16)13(14)18/h2-6H,1H3,(H,19,20). The summed E-state index contributed by atoms with van der Waals surface area (Å²) in [6.07, 6.45) is 0. The molecule has 0 spiro atoms. The fraction of sp³-hybridized carbons (Fsp3) is 0.0714. The van der Waals surface area contributed by atoms with Crippen LogP contribution in [0.2, 0.25) is 0 Å². The monoisotopic (exact) mass is 299 g/mol. The molecule has 0 bridgehead atoms. The Hall–Kier alpha value is -2.57. The van der Waals surface area contributed by atoms with Crippen LogP contribution in [0.4, 0.5) is 23.2 Å². The Morgan fingerprint density at radius 3 is 2.00 bits per heavy atom. The van der Waals surface area contributed by atoms with Crippen LogP contribution in [0.5, 0.6) is 11.5 Å². The summed E-state index contributed by atoms with van der Waals surface area (Å²) in [6, 6.07) is 5.47. The summed E-state index contributed by atoms with van der Waals surface area (Å²) in [5, 5.41) is 2.47. The van der Waals surface area contributed by atoms with E-state index in [2.05, 4.69) is 5.32 Å². The number of nitrogens with one attached hydrogen (secondary N) is 1. The van der Waals surface area contributed by atoms with E-state index in [0.29, 0.717) is 5.69 Å². The van der Waals surface area contributed by atoms with E-state index in [0.717, 1.165) is 0 Å². The number of anilines is 1. The molecule has 0 aliphatic rings. The maximum atomic E-state index is 13.4. The summed E-state index contributed by atoms with van der Waals surface area (Å²) < 4.78 is 57.7. The Bertz CT molecular complexity index is 660. The van der Waals surface area contributed by atoms with Gasteiger partial charge in [0.05, 0.1) is 0 Å². The van der Waals surface area contributed by atoms with E-state index >= 15 is 0 Å². The Labute approximate surface area is 117 Å². The van der Waals surface area contributed by atoms with Crippen LogP contribution in [0.15, 0.2) is 30.3 Å². The Balaban J connectivity index is 2.28. The maximum absolute atomic E-state index is 13.4. The van der Waals surface area contributed by atoms with Crippen LogP contribution in [0.3, 0.4) is 0 Å². The van der Waals surface area contributed by atoms with Crippen molar-refractivity contribution in [3.63, 3.8) is 0 Å². The van der Waals surface area contributed by atoms with Crippen molar-refractivity contribution in [2.75, 3.05) is 5.32 Å². The molecule has 110 valence electrons. The number of hydrogen-bond donors (Lipinski definition) is 1. The lowest BCUT2D eigenvalue weighted by molar-refractivity contribution is -0.114. The first-order valence-corrected chi connectivity index (χ1v) is 5.77. The van der Waals surface area contributed by atoms with E-state index in [1.165, 1.54) is 31.2 Å². The van der Waals surface area contributed by atoms with Gasteiger partial charge in [-0.05, 0) is 24.3 Å². The molecule has 0 saturated heterocycles. The predicted octanol–water partition coefficient (Wildman–Crippen LogP) is 3.99. The summed E-state index contributed by atoms with van der Waals surface area (Å²) in [4.78, 5) is 10.8. The molecule has 2 aromatic rings. The molecule has 0 atom stereocenters. The van der Waals surface area contributed by atoms with Gasteiger partial charge in [0.25, 0.3) is 0 Å². The topological polar surface area (TPSA) is 38.3 Å². The molecule has 7 heteroatoms. The molecule has 0 aliphatic heterocycles. The summed E-state index contributed by atoms with van der Waals surface area (Å²) in [5.41, 5.74) is 0.432. The Morgan fingerprint density at radius 1 is 1.00 bits per heavy atom. The summed E-state index contributed by atoms with van der Waals surface area (Å²) in [5.74, 6) is -7.88. The minimum atomic E-state index is -1.63. The number of benzene rings is 2. The molecule has 0 aliphatic carbocycles. The van der Waals surface area contributed by atoms with Crippen molar-refractivity contribution < 1.29 is 27.1 Å². The van der Waals surface area contributed by atoms with Gasteiger partial charge in [-0.1, -0.05) is 0 Å². The Kier molecular flexibility index (Phi) is 4.11. The van der Waals surface area contributed by atoms with Crippen LogP contribution in [-0.4, -0.2) is 5.91 Å². The summed E-state index contributed by atoms with van der Waals surface area (Å²) >= 11 is 0. The molecule has 1 amide bonds. The van der Waals surface area contributed by atoms with Gasteiger partial charge in [0.2, 0.25) is 23.3 Å². The Morgan fingerprint density at radius 2 is 1.52 bits per heavy atom. The second kappa shape index (κ2) is 5.82. The molecule has 2 rings (SSSR count). The van der Waals surface area contributed by atoms with Crippen molar-refractivity contribution >= 4 is 11.6 Å². The third-order valence-electron chi connectivity index (χ3n) is 2.47. The average Bonchev–Trinajstić information content (AvgIpc) is 2.43. The zero-order valence-corrected chi connectivity index (χ0v) is 10.7. The number of amides is 1. The van der Waals surface area contributed by atoms with Crippen LogP contribution in [0.25, 0.3) is 0 Å². The molecule has 0 unspecified atom stereocenters. The van der Waals surface area contributed by atoms with Crippen LogP contribution in [-0.2, 0) is 4.79 Å². The smallest absolute Gasteiger partial charge is 0.221 e. The van der Waals surface area contributed by atoms with Crippen LogP contribution in [0, 0.1) is 23.3 Å². The molecule has 21 heavy (non-hydrogen) atoms. The minimum absolute atomic E-state index is 0.0492. The van der Waals surface area contributed by atoms with Crippen LogP contribution >= 0.6 is 0 Å². The van der Waals surface area contributed by atoms with Crippen LogP contribution in [0.1, 0.15) is 6.92 Å². The van der Waals surface area contributed by atoms with Crippen molar-refractivity contribution in [2.24, 2.45) is 0 Å². The lowest BCUT2D eigenvalue weighted by Gasteiger charge is -2.09. The number of hydrogen-bond acceptors (Lipinski definition) is 2. The number of carbonyl (C=O) groups excluding carboxylic acids is 1. The second-order valence-electron chi connectivity index (χ2n) is 4.10. The zero-order valence-electron chi connectivity index (χ0n) is 10.7. The first-order valence-electron chi connectivity index (χ1n) is 5.77. The number of halogens is 4. The maximum Gasteiger partial charge on any atom is 0.221 e. The molecule has 3 nitrogen and oxygen atoms in total. The SMILES string of the molecule is CC(=O)Nc1ccc(Oc2c(F)c(F)cc(F)c2F)cc1. The molecule has 0 saturated carbocycles. The predicted molar refractivity (Wildman–Crippen MR) is 67.1 cm³/mol. The van der Waals surface area contributed by atoms with Gasteiger partial charge in [-0.3, -0.25) is 4.79 Å². The molecule has 2 aromatic carbocycles. The molecule has 0 radical (unpaired) electrons. The minimum Gasteiger partial charge on any atom is -0.451 e. The molecular formula is C14H9F4NO2. The van der Waals surface area contributed by atoms with Gasteiger partial charge >= 0.3 is 0 Å². The third-order valence-corrected chi connectivity index (χ3v) is 2.47. The summed E-state index contributed by atoms with van der Waals surface area (Å²) in [6.45, 7) is 1.31. The van der Waals surface area contributed by atoms with E-state index in [4.69, 9.17) is 4.74 Å². The molecule has 0 aromatic heterocycles. The molecular weight excluding hydrogens is 290 g/mol. The van der Waals surface area contributed by atoms with Crippen molar-refractivity contribution in [2.45, 2.75) is 6.92 Å². The lowest BCUT2D eigenvalue weighted by Crippen LogP contribution is -2.05. The fourth-order valence-corrected chi connectivity index (χ4v) is 1.57. The normalized spacial score (nSPS) is 10.3. The van der Waals surface area contributed by atoms with Gasteiger partial charge in [-0.25, -0.2) is 8.78 Å². The van der Waals surface area contributed by atoms with Gasteiger partial charge in [0, 0.05) is 18.7 Å². The number of ether oxygens (including phenoxy) is 1. The van der Waals surface area contributed by atoms with Gasteiger partial charge < -0.3 is 10.1 Å². The van der Waals surface area contributed by atoms with Crippen molar-refractivity contribution in [1.29, 1.82) is 0 Å². The second-order valence-corrected chi connectivity index (χ2v) is 4.10. The van der Waals surface area contributed by atoms with Crippen molar-refractivity contribution in [1.82, 2.24) is 0 Å². The van der Waals surface area contributed by atoms with Crippen LogP contribution < -0.4 is 10.1 Å². The van der Waals surface area contributed by atoms with Crippen molar-refractivity contribution in [3.05, 3.63) is 53.6 Å². The quantitative estimate of drug-likeness (QED) is 0.687. The van der Waals surface area contributed by atoms with Crippen molar-refractivity contribution in [3.8, 4) is 11.5 Å². The van der Waals surface area contributed by atoms with E-state index < -0.39 is 29.0 Å².